The molecule has 152 valence electrons. The lowest BCUT2D eigenvalue weighted by Crippen LogP contribution is -2.49. The number of hydrogen-bond donors (Lipinski definition) is 3. The molecule has 0 radical (unpaired) electrons. The molecule has 2 aromatic carbocycles. The van der Waals surface area contributed by atoms with Crippen molar-refractivity contribution in [2.75, 3.05) is 7.11 Å². The van der Waals surface area contributed by atoms with Crippen LogP contribution < -0.4 is 10.5 Å². The van der Waals surface area contributed by atoms with Gasteiger partial charge in [-0.2, -0.15) is 0 Å². The van der Waals surface area contributed by atoms with Crippen LogP contribution in [0.3, 0.4) is 0 Å². The number of carboxylic acids is 1. The number of ether oxygens (including phenoxy) is 2. The number of carbonyl (C=O) groups excluding carboxylic acids is 1. The Labute approximate surface area is 166 Å². The van der Waals surface area contributed by atoms with Crippen LogP contribution in [-0.2, 0) is 16.1 Å². The quantitative estimate of drug-likeness (QED) is 0.416. The van der Waals surface area contributed by atoms with Crippen LogP contribution in [0.2, 0.25) is 0 Å². The summed E-state index contributed by atoms with van der Waals surface area (Å²) in [5.41, 5.74) is 6.19. The highest BCUT2D eigenvalue weighted by molar-refractivity contribution is 6.03. The van der Waals surface area contributed by atoms with Gasteiger partial charge in [-0.25, -0.2) is 14.8 Å². The summed E-state index contributed by atoms with van der Waals surface area (Å²) in [6.07, 6.45) is 0. The van der Waals surface area contributed by atoms with Gasteiger partial charge in [-0.3, -0.25) is 4.79 Å². The maximum atomic E-state index is 12.1. The van der Waals surface area contributed by atoms with Crippen LogP contribution in [-0.4, -0.2) is 50.9 Å². The number of hydrogen-bond acceptors (Lipinski definition) is 8. The molecule has 4 N–H and O–H groups in total. The molecule has 0 amide bonds. The Morgan fingerprint density at radius 1 is 1.14 bits per heavy atom. The number of esters is 1. The van der Waals surface area contributed by atoms with Crippen LogP contribution in [0.15, 0.2) is 30.3 Å². The molecule has 0 aliphatic heterocycles. The van der Waals surface area contributed by atoms with Crippen molar-refractivity contribution < 1.29 is 29.3 Å². The molecule has 0 unspecified atom stereocenters. The lowest BCUT2D eigenvalue weighted by molar-refractivity contribution is -0.152. The van der Waals surface area contributed by atoms with Gasteiger partial charge >= 0.3 is 11.9 Å². The number of carbonyl (C=O) groups is 2. The maximum Gasteiger partial charge on any atom is 0.337 e. The number of benzene rings is 2. The summed E-state index contributed by atoms with van der Waals surface area (Å²) in [5.74, 6) is -1.48. The van der Waals surface area contributed by atoms with E-state index >= 15 is 0 Å². The lowest BCUT2D eigenvalue weighted by atomic mass is 10.0. The summed E-state index contributed by atoms with van der Waals surface area (Å²) in [5, 5.41) is 19.3. The van der Waals surface area contributed by atoms with Gasteiger partial charge in [0.2, 0.25) is 0 Å². The molecule has 3 rings (SSSR count). The number of rotatable bonds is 6. The molecule has 9 heteroatoms. The first-order valence-electron chi connectivity index (χ1n) is 8.77. The van der Waals surface area contributed by atoms with Crippen LogP contribution in [0.1, 0.15) is 29.8 Å². The molecule has 1 aromatic heterocycles. The number of methoxy groups -OCH3 is 1. The zero-order chi connectivity index (χ0) is 21.3. The summed E-state index contributed by atoms with van der Waals surface area (Å²) >= 11 is 0. The summed E-state index contributed by atoms with van der Waals surface area (Å²) in [6, 6.07) is 6.76. The minimum atomic E-state index is -1.43. The second-order valence-corrected chi connectivity index (χ2v) is 7.07. The van der Waals surface area contributed by atoms with E-state index in [1.807, 2.05) is 0 Å². The van der Waals surface area contributed by atoms with Crippen LogP contribution in [0.5, 0.6) is 5.75 Å². The molecule has 0 saturated heterocycles. The zero-order valence-corrected chi connectivity index (χ0v) is 16.2. The molecule has 0 fully saturated rings. The Kier molecular flexibility index (Phi) is 5.36. The predicted molar refractivity (Wildman–Crippen MR) is 105 cm³/mol. The number of fused-ring (bicyclic) bond motifs is 2. The number of aliphatic hydroxyl groups is 1. The molecule has 29 heavy (non-hydrogen) atoms. The van der Waals surface area contributed by atoms with Crippen molar-refractivity contribution in [1.82, 2.24) is 9.97 Å². The van der Waals surface area contributed by atoms with Gasteiger partial charge in [0.05, 0.1) is 29.3 Å². The van der Waals surface area contributed by atoms with Gasteiger partial charge in [0.15, 0.2) is 0 Å². The van der Waals surface area contributed by atoms with Crippen molar-refractivity contribution in [3.63, 3.8) is 0 Å². The zero-order valence-electron chi connectivity index (χ0n) is 16.2. The standard InChI is InChI=1S/C20H21N3O6/c1-20(2,27)17(21)19(26)29-9-10-7-8-13(28-3)16-14(10)22-12-6-4-5-11(18(24)25)15(12)23-16/h4-8,17,27H,9,21H2,1-3H3,(H,24,25)/t17-/m1/s1. The number of aromatic carboxylic acids is 1. The average Bonchev–Trinajstić information content (AvgIpc) is 2.68. The molecule has 0 aliphatic rings. The molecule has 3 aromatic rings. The van der Waals surface area contributed by atoms with Crippen LogP contribution in [0.25, 0.3) is 22.1 Å². The summed E-state index contributed by atoms with van der Waals surface area (Å²) in [7, 11) is 1.46. The lowest BCUT2D eigenvalue weighted by Gasteiger charge is -2.23. The summed E-state index contributed by atoms with van der Waals surface area (Å²) in [6.45, 7) is 2.68. The molecule has 0 aliphatic carbocycles. The van der Waals surface area contributed by atoms with Crippen LogP contribution >= 0.6 is 0 Å². The highest BCUT2D eigenvalue weighted by Crippen LogP contribution is 2.29. The Hall–Kier alpha value is -3.30. The van der Waals surface area contributed by atoms with Gasteiger partial charge in [0, 0.05) is 5.56 Å². The Morgan fingerprint density at radius 2 is 1.86 bits per heavy atom. The minimum Gasteiger partial charge on any atom is -0.494 e. The van der Waals surface area contributed by atoms with Gasteiger partial charge in [-0.15, -0.1) is 0 Å². The Morgan fingerprint density at radius 3 is 2.48 bits per heavy atom. The van der Waals surface area contributed by atoms with Gasteiger partial charge in [-0.05, 0) is 38.1 Å². The first kappa shape index (κ1) is 20.4. The number of carboxylic acid groups (broad SMARTS) is 1. The van der Waals surface area contributed by atoms with E-state index in [0.29, 0.717) is 27.9 Å². The first-order valence-corrected chi connectivity index (χ1v) is 8.77. The fourth-order valence-electron chi connectivity index (χ4n) is 2.79. The average molecular weight is 399 g/mol. The van der Waals surface area contributed by atoms with Gasteiger partial charge < -0.3 is 25.4 Å². The molecule has 0 bridgehead atoms. The van der Waals surface area contributed by atoms with Crippen molar-refractivity contribution in [1.29, 1.82) is 0 Å². The predicted octanol–water partition coefficient (Wildman–Crippen LogP) is 1.63. The van der Waals surface area contributed by atoms with Crippen molar-refractivity contribution in [2.45, 2.75) is 32.1 Å². The van der Waals surface area contributed by atoms with E-state index in [-0.39, 0.29) is 17.7 Å². The molecule has 9 nitrogen and oxygen atoms in total. The number of aromatic nitrogens is 2. The van der Waals surface area contributed by atoms with E-state index in [9.17, 15) is 19.8 Å². The topological polar surface area (TPSA) is 145 Å². The van der Waals surface area contributed by atoms with E-state index in [4.69, 9.17) is 15.2 Å². The third-order valence-corrected chi connectivity index (χ3v) is 4.50. The molecule has 0 saturated carbocycles. The van der Waals surface area contributed by atoms with E-state index in [0.717, 1.165) is 0 Å². The van der Waals surface area contributed by atoms with Crippen molar-refractivity contribution >= 4 is 34.0 Å². The van der Waals surface area contributed by atoms with E-state index in [1.165, 1.54) is 27.0 Å². The normalized spacial score (nSPS) is 12.7. The van der Waals surface area contributed by atoms with E-state index in [2.05, 4.69) is 9.97 Å². The van der Waals surface area contributed by atoms with Gasteiger partial charge in [0.25, 0.3) is 0 Å². The van der Waals surface area contributed by atoms with Crippen molar-refractivity contribution in [3.05, 3.63) is 41.5 Å². The highest BCUT2D eigenvalue weighted by atomic mass is 16.5. The fraction of sp³-hybridized carbons (Fsp3) is 0.300. The summed E-state index contributed by atoms with van der Waals surface area (Å²) < 4.78 is 10.6. The van der Waals surface area contributed by atoms with Crippen molar-refractivity contribution in [2.24, 2.45) is 5.73 Å². The van der Waals surface area contributed by atoms with Gasteiger partial charge in [0.1, 0.15) is 29.4 Å². The first-order chi connectivity index (χ1) is 13.6. The number of nitrogens with two attached hydrogens (primary N) is 1. The fourth-order valence-corrected chi connectivity index (χ4v) is 2.79. The molecular formula is C20H21N3O6. The highest BCUT2D eigenvalue weighted by Gasteiger charge is 2.31. The number of para-hydroxylation sites is 1. The van der Waals surface area contributed by atoms with Gasteiger partial charge in [-0.1, -0.05) is 6.07 Å². The Bertz CT molecular complexity index is 1110. The van der Waals surface area contributed by atoms with Crippen LogP contribution in [0.4, 0.5) is 0 Å². The third kappa shape index (κ3) is 3.96. The molecule has 1 heterocycles. The van der Waals surface area contributed by atoms with E-state index < -0.39 is 23.6 Å². The summed E-state index contributed by atoms with van der Waals surface area (Å²) in [4.78, 5) is 32.6. The second kappa shape index (κ2) is 7.61. The largest absolute Gasteiger partial charge is 0.494 e. The maximum absolute atomic E-state index is 12.1. The smallest absolute Gasteiger partial charge is 0.337 e. The minimum absolute atomic E-state index is 0.0203. The SMILES string of the molecule is COc1ccc(COC(=O)[C@@H](N)C(C)(C)O)c2nc3cccc(C(=O)O)c3nc12. The molecule has 0 spiro atoms. The second-order valence-electron chi connectivity index (χ2n) is 7.07. The van der Waals surface area contributed by atoms with Crippen LogP contribution in [0, 0.1) is 0 Å². The third-order valence-electron chi connectivity index (χ3n) is 4.50. The molecule has 1 atom stereocenters. The van der Waals surface area contributed by atoms with E-state index in [1.54, 1.807) is 24.3 Å². The Balaban J connectivity index is 2.07. The monoisotopic (exact) mass is 399 g/mol. The molecular weight excluding hydrogens is 378 g/mol. The number of nitrogens with zero attached hydrogens (tertiary/aromatic N) is 2. The van der Waals surface area contributed by atoms with Crippen molar-refractivity contribution in [3.8, 4) is 5.75 Å².